The molecule has 1 aliphatic rings. The van der Waals surface area contributed by atoms with E-state index in [1.54, 1.807) is 11.8 Å². The van der Waals surface area contributed by atoms with Gasteiger partial charge in [0.1, 0.15) is 5.75 Å². The van der Waals surface area contributed by atoms with E-state index in [0.29, 0.717) is 17.4 Å². The molecule has 1 aromatic rings. The molecule has 1 aromatic carbocycles. The first-order chi connectivity index (χ1) is 8.99. The largest absolute Gasteiger partial charge is 0.483 e. The maximum Gasteiger partial charge on any atom is 0.260 e. The molecular formula is C15H21NO3. The molecule has 1 saturated carbocycles. The molecular weight excluding hydrogens is 242 g/mol. The van der Waals surface area contributed by atoms with Crippen molar-refractivity contribution in [2.24, 2.45) is 0 Å². The van der Waals surface area contributed by atoms with Gasteiger partial charge in [0.2, 0.25) is 0 Å². The molecule has 104 valence electrons. The summed E-state index contributed by atoms with van der Waals surface area (Å²) in [5.74, 6) is 0.577. The molecule has 0 aliphatic heterocycles. The Morgan fingerprint density at radius 2 is 2.21 bits per heavy atom. The third kappa shape index (κ3) is 3.47. The summed E-state index contributed by atoms with van der Waals surface area (Å²) < 4.78 is 5.59. The SMILES string of the molecule is Cc1ccc(C(C)O)c(OCC(=O)N(C)C2CC2)c1. The van der Waals surface area contributed by atoms with E-state index in [-0.39, 0.29) is 12.5 Å². The fraction of sp³-hybridized carbons (Fsp3) is 0.533. The maximum absolute atomic E-state index is 11.9. The standard InChI is InChI=1S/C15H21NO3/c1-10-4-7-13(11(2)17)14(8-10)19-9-15(18)16(3)12-5-6-12/h4,7-8,11-12,17H,5-6,9H2,1-3H3. The summed E-state index contributed by atoms with van der Waals surface area (Å²) in [5.41, 5.74) is 1.76. The van der Waals surface area contributed by atoms with Crippen molar-refractivity contribution in [1.29, 1.82) is 0 Å². The third-order valence-electron chi connectivity index (χ3n) is 3.46. The first-order valence-corrected chi connectivity index (χ1v) is 6.66. The van der Waals surface area contributed by atoms with Gasteiger partial charge in [-0.3, -0.25) is 4.79 Å². The number of benzene rings is 1. The fourth-order valence-electron chi connectivity index (χ4n) is 2.02. The van der Waals surface area contributed by atoms with Crippen molar-refractivity contribution in [3.8, 4) is 5.75 Å². The average Bonchev–Trinajstić information content (AvgIpc) is 3.18. The van der Waals surface area contributed by atoms with E-state index < -0.39 is 6.10 Å². The first kappa shape index (κ1) is 13.9. The van der Waals surface area contributed by atoms with Gasteiger partial charge >= 0.3 is 0 Å². The number of ether oxygens (including phenoxy) is 1. The van der Waals surface area contributed by atoms with Crippen LogP contribution in [0.15, 0.2) is 18.2 Å². The summed E-state index contributed by atoms with van der Waals surface area (Å²) in [4.78, 5) is 13.7. The third-order valence-corrected chi connectivity index (χ3v) is 3.46. The van der Waals surface area contributed by atoms with Crippen LogP contribution >= 0.6 is 0 Å². The van der Waals surface area contributed by atoms with E-state index in [1.807, 2.05) is 32.2 Å². The van der Waals surface area contributed by atoms with Crippen molar-refractivity contribution in [3.05, 3.63) is 29.3 Å². The molecule has 1 unspecified atom stereocenters. The van der Waals surface area contributed by atoms with Crippen LogP contribution in [0.2, 0.25) is 0 Å². The second kappa shape index (κ2) is 5.61. The maximum atomic E-state index is 11.9. The van der Waals surface area contributed by atoms with Crippen molar-refractivity contribution in [3.63, 3.8) is 0 Å². The number of carbonyl (C=O) groups excluding carboxylic acids is 1. The lowest BCUT2D eigenvalue weighted by molar-refractivity contribution is -0.132. The Bertz CT molecular complexity index is 466. The molecule has 0 aromatic heterocycles. The molecule has 2 rings (SSSR count). The number of aryl methyl sites for hydroxylation is 1. The zero-order valence-electron chi connectivity index (χ0n) is 11.7. The molecule has 0 bridgehead atoms. The van der Waals surface area contributed by atoms with Crippen LogP contribution in [0, 0.1) is 6.92 Å². The highest BCUT2D eigenvalue weighted by atomic mass is 16.5. The molecule has 0 heterocycles. The Morgan fingerprint density at radius 1 is 1.53 bits per heavy atom. The van der Waals surface area contributed by atoms with Crippen LogP contribution in [0.5, 0.6) is 5.75 Å². The van der Waals surface area contributed by atoms with Gasteiger partial charge < -0.3 is 14.7 Å². The minimum atomic E-state index is -0.605. The van der Waals surface area contributed by atoms with Gasteiger partial charge in [0.05, 0.1) is 6.10 Å². The summed E-state index contributed by atoms with van der Waals surface area (Å²) in [6.45, 7) is 3.67. The Labute approximate surface area is 114 Å². The number of carbonyl (C=O) groups is 1. The van der Waals surface area contributed by atoms with Gasteiger partial charge in [-0.15, -0.1) is 0 Å². The van der Waals surface area contributed by atoms with Crippen molar-refractivity contribution in [1.82, 2.24) is 4.90 Å². The summed E-state index contributed by atoms with van der Waals surface area (Å²) in [7, 11) is 1.81. The highest BCUT2D eigenvalue weighted by Crippen LogP contribution is 2.27. The van der Waals surface area contributed by atoms with Crippen LogP contribution in [0.3, 0.4) is 0 Å². The van der Waals surface area contributed by atoms with Gasteiger partial charge in [-0.05, 0) is 38.3 Å². The predicted octanol–water partition coefficient (Wildman–Crippen LogP) is 2.05. The highest BCUT2D eigenvalue weighted by molar-refractivity contribution is 5.78. The first-order valence-electron chi connectivity index (χ1n) is 6.66. The van der Waals surface area contributed by atoms with Crippen LogP contribution in [0.4, 0.5) is 0 Å². The number of nitrogens with zero attached hydrogens (tertiary/aromatic N) is 1. The van der Waals surface area contributed by atoms with Gasteiger partial charge in [0.15, 0.2) is 6.61 Å². The van der Waals surface area contributed by atoms with E-state index in [4.69, 9.17) is 4.74 Å². The molecule has 1 atom stereocenters. The fourth-order valence-corrected chi connectivity index (χ4v) is 2.02. The van der Waals surface area contributed by atoms with Gasteiger partial charge in [-0.25, -0.2) is 0 Å². The Balaban J connectivity index is 2.01. The lowest BCUT2D eigenvalue weighted by Gasteiger charge is -2.18. The lowest BCUT2D eigenvalue weighted by Crippen LogP contribution is -2.33. The summed E-state index contributed by atoms with van der Waals surface area (Å²) >= 11 is 0. The summed E-state index contributed by atoms with van der Waals surface area (Å²) in [5, 5.41) is 9.69. The Hall–Kier alpha value is -1.55. The Morgan fingerprint density at radius 3 is 2.79 bits per heavy atom. The monoisotopic (exact) mass is 263 g/mol. The van der Waals surface area contributed by atoms with Gasteiger partial charge in [0, 0.05) is 18.7 Å². The number of rotatable bonds is 5. The second-order valence-electron chi connectivity index (χ2n) is 5.24. The highest BCUT2D eigenvalue weighted by Gasteiger charge is 2.29. The van der Waals surface area contributed by atoms with Crippen LogP contribution in [-0.2, 0) is 4.79 Å². The number of aliphatic hydroxyl groups is 1. The molecule has 19 heavy (non-hydrogen) atoms. The van der Waals surface area contributed by atoms with Crippen molar-refractivity contribution in [2.75, 3.05) is 13.7 Å². The summed E-state index contributed by atoms with van der Waals surface area (Å²) in [6.07, 6.45) is 1.57. The van der Waals surface area contributed by atoms with E-state index in [0.717, 1.165) is 18.4 Å². The van der Waals surface area contributed by atoms with Crippen LogP contribution in [0.25, 0.3) is 0 Å². The lowest BCUT2D eigenvalue weighted by atomic mass is 10.1. The summed E-state index contributed by atoms with van der Waals surface area (Å²) in [6, 6.07) is 6.01. The van der Waals surface area contributed by atoms with Crippen LogP contribution in [0.1, 0.15) is 37.0 Å². The number of hydrogen-bond acceptors (Lipinski definition) is 3. The molecule has 0 radical (unpaired) electrons. The van der Waals surface area contributed by atoms with Crippen molar-refractivity contribution in [2.45, 2.75) is 38.8 Å². The van der Waals surface area contributed by atoms with E-state index in [9.17, 15) is 9.90 Å². The normalized spacial score (nSPS) is 16.0. The molecule has 1 amide bonds. The predicted molar refractivity (Wildman–Crippen MR) is 73.1 cm³/mol. The molecule has 1 fully saturated rings. The number of hydrogen-bond donors (Lipinski definition) is 1. The topological polar surface area (TPSA) is 49.8 Å². The zero-order valence-corrected chi connectivity index (χ0v) is 11.7. The smallest absolute Gasteiger partial charge is 0.260 e. The molecule has 1 aliphatic carbocycles. The van der Waals surface area contributed by atoms with Crippen LogP contribution < -0.4 is 4.74 Å². The van der Waals surface area contributed by atoms with Gasteiger partial charge in [-0.1, -0.05) is 12.1 Å². The van der Waals surface area contributed by atoms with Gasteiger partial charge in [-0.2, -0.15) is 0 Å². The van der Waals surface area contributed by atoms with Crippen LogP contribution in [-0.4, -0.2) is 35.6 Å². The molecule has 0 saturated heterocycles. The van der Waals surface area contributed by atoms with E-state index >= 15 is 0 Å². The number of likely N-dealkylation sites (N-methyl/N-ethyl adjacent to an activating group) is 1. The van der Waals surface area contributed by atoms with E-state index in [2.05, 4.69) is 0 Å². The second-order valence-corrected chi connectivity index (χ2v) is 5.24. The molecule has 1 N–H and O–H groups in total. The van der Waals surface area contributed by atoms with E-state index in [1.165, 1.54) is 0 Å². The molecule has 4 nitrogen and oxygen atoms in total. The molecule has 4 heteroatoms. The quantitative estimate of drug-likeness (QED) is 0.884. The van der Waals surface area contributed by atoms with Crippen molar-refractivity contribution >= 4 is 5.91 Å². The zero-order chi connectivity index (χ0) is 14.0. The minimum Gasteiger partial charge on any atom is -0.483 e. The molecule has 0 spiro atoms. The minimum absolute atomic E-state index is 0.0134. The van der Waals surface area contributed by atoms with Crippen molar-refractivity contribution < 1.29 is 14.6 Å². The Kier molecular flexibility index (Phi) is 4.10. The average molecular weight is 263 g/mol. The van der Waals surface area contributed by atoms with Gasteiger partial charge in [0.25, 0.3) is 5.91 Å². The number of amides is 1. The number of aliphatic hydroxyl groups excluding tert-OH is 1.